The summed E-state index contributed by atoms with van der Waals surface area (Å²) in [6.07, 6.45) is 8.81. The molecule has 0 saturated carbocycles. The molecule has 1 aliphatic rings. The molecule has 7 heteroatoms. The van der Waals surface area contributed by atoms with Crippen molar-refractivity contribution in [1.29, 1.82) is 0 Å². The Kier molecular flexibility index (Phi) is 3.33. The van der Waals surface area contributed by atoms with Gasteiger partial charge in [-0.05, 0) is 25.0 Å². The van der Waals surface area contributed by atoms with Gasteiger partial charge < -0.3 is 14.5 Å². The predicted octanol–water partition coefficient (Wildman–Crippen LogP) is 2.38. The fourth-order valence-electron chi connectivity index (χ4n) is 3.22. The highest BCUT2D eigenvalue weighted by Gasteiger charge is 2.27. The van der Waals surface area contributed by atoms with E-state index in [0.717, 1.165) is 12.8 Å². The molecule has 23 heavy (non-hydrogen) atoms. The number of nitrogens with one attached hydrogen (secondary N) is 1. The standard InChI is InChI=1S/C16H16FN5O/c17-11-6-13(15-14(7-11)19-9-20-15)16(23)21-4-1-2-12(8-21)22-5-3-18-10-22/h3,5-7,9-10,12H,1-2,4,8H2,(H,19,20)/t12-/m0/s1. The lowest BCUT2D eigenvalue weighted by atomic mass is 10.0. The van der Waals surface area contributed by atoms with Gasteiger partial charge in [-0.1, -0.05) is 0 Å². The van der Waals surface area contributed by atoms with Crippen molar-refractivity contribution in [3.05, 3.63) is 48.6 Å². The third-order valence-electron chi connectivity index (χ3n) is 4.35. The number of imidazole rings is 2. The number of carbonyl (C=O) groups excluding carboxylic acids is 1. The number of carbonyl (C=O) groups is 1. The van der Waals surface area contributed by atoms with Gasteiger partial charge in [0, 0.05) is 25.5 Å². The van der Waals surface area contributed by atoms with Gasteiger partial charge in [0.05, 0.1) is 29.8 Å². The van der Waals surface area contributed by atoms with Crippen LogP contribution in [0.25, 0.3) is 11.0 Å². The number of hydrogen-bond acceptors (Lipinski definition) is 3. The van der Waals surface area contributed by atoms with E-state index < -0.39 is 5.82 Å². The molecule has 1 aromatic carbocycles. The first-order chi connectivity index (χ1) is 11.2. The summed E-state index contributed by atoms with van der Waals surface area (Å²) < 4.78 is 15.8. The van der Waals surface area contributed by atoms with E-state index in [2.05, 4.69) is 15.0 Å². The average molecular weight is 313 g/mol. The van der Waals surface area contributed by atoms with Gasteiger partial charge in [0.15, 0.2) is 0 Å². The van der Waals surface area contributed by atoms with Gasteiger partial charge in [-0.25, -0.2) is 14.4 Å². The lowest BCUT2D eigenvalue weighted by molar-refractivity contribution is 0.0681. The van der Waals surface area contributed by atoms with Crippen molar-refractivity contribution in [3.8, 4) is 0 Å². The summed E-state index contributed by atoms with van der Waals surface area (Å²) in [6.45, 7) is 1.27. The SMILES string of the molecule is O=C(c1cc(F)cc2[nH]cnc12)N1CCC[C@H](n2ccnc2)C1. The molecule has 3 heterocycles. The van der Waals surface area contributed by atoms with Crippen molar-refractivity contribution in [2.45, 2.75) is 18.9 Å². The second kappa shape index (κ2) is 5.49. The minimum absolute atomic E-state index is 0.175. The summed E-state index contributed by atoms with van der Waals surface area (Å²) >= 11 is 0. The number of rotatable bonds is 2. The van der Waals surface area contributed by atoms with Crippen molar-refractivity contribution in [3.63, 3.8) is 0 Å². The minimum atomic E-state index is -0.437. The fourth-order valence-corrected chi connectivity index (χ4v) is 3.22. The number of halogens is 1. The molecule has 1 atom stereocenters. The van der Waals surface area contributed by atoms with Gasteiger partial charge in [0.1, 0.15) is 11.3 Å². The normalized spacial score (nSPS) is 18.5. The Morgan fingerprint density at radius 2 is 2.30 bits per heavy atom. The maximum atomic E-state index is 13.8. The van der Waals surface area contributed by atoms with Crippen molar-refractivity contribution >= 4 is 16.9 Å². The summed E-state index contributed by atoms with van der Waals surface area (Å²) in [5, 5.41) is 0. The number of benzene rings is 1. The van der Waals surface area contributed by atoms with Gasteiger partial charge in [-0.15, -0.1) is 0 Å². The molecule has 4 rings (SSSR count). The van der Waals surface area contributed by atoms with E-state index in [1.54, 1.807) is 17.4 Å². The Bertz CT molecular complexity index is 841. The third kappa shape index (κ3) is 2.48. The quantitative estimate of drug-likeness (QED) is 0.790. The predicted molar refractivity (Wildman–Crippen MR) is 82.5 cm³/mol. The zero-order valence-electron chi connectivity index (χ0n) is 12.4. The van der Waals surface area contributed by atoms with Crippen molar-refractivity contribution in [2.24, 2.45) is 0 Å². The fraction of sp³-hybridized carbons (Fsp3) is 0.312. The number of H-pyrrole nitrogens is 1. The second-order valence-corrected chi connectivity index (χ2v) is 5.81. The number of nitrogens with zero attached hydrogens (tertiary/aromatic N) is 4. The average Bonchev–Trinajstić information content (AvgIpc) is 3.24. The molecule has 0 bridgehead atoms. The van der Waals surface area contributed by atoms with Gasteiger partial charge >= 0.3 is 0 Å². The van der Waals surface area contributed by atoms with E-state index in [9.17, 15) is 9.18 Å². The lowest BCUT2D eigenvalue weighted by Gasteiger charge is -2.33. The molecular weight excluding hydrogens is 297 g/mol. The van der Waals surface area contributed by atoms with Crippen LogP contribution in [0.2, 0.25) is 0 Å². The number of piperidine rings is 1. The summed E-state index contributed by atoms with van der Waals surface area (Å²) in [5.41, 5.74) is 1.37. The summed E-state index contributed by atoms with van der Waals surface area (Å²) in [6, 6.07) is 2.83. The van der Waals surface area contributed by atoms with E-state index >= 15 is 0 Å². The summed E-state index contributed by atoms with van der Waals surface area (Å²) in [5.74, 6) is -0.611. The van der Waals surface area contributed by atoms with Crippen molar-refractivity contribution in [2.75, 3.05) is 13.1 Å². The largest absolute Gasteiger partial charge is 0.344 e. The summed E-state index contributed by atoms with van der Waals surface area (Å²) in [4.78, 5) is 25.7. The van der Waals surface area contributed by atoms with Crippen molar-refractivity contribution < 1.29 is 9.18 Å². The van der Waals surface area contributed by atoms with Crippen LogP contribution in [0.1, 0.15) is 29.2 Å². The lowest BCUT2D eigenvalue weighted by Crippen LogP contribution is -2.40. The Labute approximate surface area is 132 Å². The molecule has 118 valence electrons. The topological polar surface area (TPSA) is 66.8 Å². The minimum Gasteiger partial charge on any atom is -0.344 e. The molecule has 3 aromatic rings. The molecule has 1 N–H and O–H groups in total. The Morgan fingerprint density at radius 3 is 3.13 bits per heavy atom. The van der Waals surface area contributed by atoms with Crippen molar-refractivity contribution in [1.82, 2.24) is 24.4 Å². The zero-order chi connectivity index (χ0) is 15.8. The van der Waals surface area contributed by atoms with Crippen LogP contribution in [0.4, 0.5) is 4.39 Å². The van der Waals surface area contributed by atoms with Crippen LogP contribution in [0.3, 0.4) is 0 Å². The maximum absolute atomic E-state index is 13.8. The van der Waals surface area contributed by atoms with E-state index in [1.165, 1.54) is 18.5 Å². The molecule has 0 spiro atoms. The molecule has 1 fully saturated rings. The van der Waals surface area contributed by atoms with E-state index in [-0.39, 0.29) is 11.9 Å². The first-order valence-corrected chi connectivity index (χ1v) is 7.62. The second-order valence-electron chi connectivity index (χ2n) is 5.81. The summed E-state index contributed by atoms with van der Waals surface area (Å²) in [7, 11) is 0. The zero-order valence-corrected chi connectivity index (χ0v) is 12.4. The number of aromatic nitrogens is 4. The number of likely N-dealkylation sites (tertiary alicyclic amines) is 1. The Hall–Kier alpha value is -2.70. The highest BCUT2D eigenvalue weighted by atomic mass is 19.1. The highest BCUT2D eigenvalue weighted by molar-refractivity contribution is 6.04. The van der Waals surface area contributed by atoms with E-state index in [4.69, 9.17) is 0 Å². The van der Waals surface area contributed by atoms with Crippen LogP contribution in [0.5, 0.6) is 0 Å². The number of fused-ring (bicyclic) bond motifs is 1. The molecule has 0 aliphatic carbocycles. The van der Waals surface area contributed by atoms with Gasteiger partial charge in [-0.2, -0.15) is 0 Å². The van der Waals surface area contributed by atoms with Crippen LogP contribution < -0.4 is 0 Å². The van der Waals surface area contributed by atoms with Crippen LogP contribution >= 0.6 is 0 Å². The molecule has 0 unspecified atom stereocenters. The smallest absolute Gasteiger partial charge is 0.256 e. The van der Waals surface area contributed by atoms with Gasteiger partial charge in [0.25, 0.3) is 5.91 Å². The van der Waals surface area contributed by atoms with Crippen LogP contribution in [0, 0.1) is 5.82 Å². The molecule has 0 radical (unpaired) electrons. The third-order valence-corrected chi connectivity index (χ3v) is 4.35. The van der Waals surface area contributed by atoms with Gasteiger partial charge in [-0.3, -0.25) is 4.79 Å². The highest BCUT2D eigenvalue weighted by Crippen LogP contribution is 2.25. The van der Waals surface area contributed by atoms with Crippen LogP contribution in [-0.2, 0) is 0 Å². The molecule has 1 aliphatic heterocycles. The number of hydrogen-bond donors (Lipinski definition) is 1. The molecule has 1 amide bonds. The van der Waals surface area contributed by atoms with Crippen LogP contribution in [-0.4, -0.2) is 43.4 Å². The van der Waals surface area contributed by atoms with E-state index in [0.29, 0.717) is 29.7 Å². The van der Waals surface area contributed by atoms with Crippen LogP contribution in [0.15, 0.2) is 37.2 Å². The molecule has 6 nitrogen and oxygen atoms in total. The molecular formula is C16H16FN5O. The first kappa shape index (κ1) is 13.9. The number of amides is 1. The maximum Gasteiger partial charge on any atom is 0.256 e. The van der Waals surface area contributed by atoms with Gasteiger partial charge in [0.2, 0.25) is 0 Å². The Balaban J connectivity index is 1.64. The Morgan fingerprint density at radius 1 is 1.39 bits per heavy atom. The monoisotopic (exact) mass is 313 g/mol. The molecule has 2 aromatic heterocycles. The molecule has 1 saturated heterocycles. The first-order valence-electron chi connectivity index (χ1n) is 7.62. The van der Waals surface area contributed by atoms with E-state index in [1.807, 2.05) is 10.8 Å². The number of aromatic amines is 1.